The third-order valence-electron chi connectivity index (χ3n) is 3.47. The molecule has 0 fully saturated rings. The SMILES string of the molecule is CCCCCCn1nnc(CO)c1-c1ccc(F)c(F)c1F. The molecule has 2 aromatic rings. The van der Waals surface area contributed by atoms with Crippen molar-refractivity contribution in [3.05, 3.63) is 35.3 Å². The van der Waals surface area contributed by atoms with Crippen molar-refractivity contribution in [3.8, 4) is 11.3 Å². The third kappa shape index (κ3) is 3.30. The molecule has 0 saturated carbocycles. The number of nitrogens with zero attached hydrogens (tertiary/aromatic N) is 3. The lowest BCUT2D eigenvalue weighted by Gasteiger charge is -2.09. The summed E-state index contributed by atoms with van der Waals surface area (Å²) in [4.78, 5) is 0. The highest BCUT2D eigenvalue weighted by Gasteiger charge is 2.21. The molecule has 1 aromatic heterocycles. The van der Waals surface area contributed by atoms with Gasteiger partial charge in [0.05, 0.1) is 12.3 Å². The number of halogens is 3. The number of aryl methyl sites for hydroxylation is 1. The molecule has 4 nitrogen and oxygen atoms in total. The van der Waals surface area contributed by atoms with Crippen LogP contribution in [0.3, 0.4) is 0 Å². The first-order valence-electron chi connectivity index (χ1n) is 7.27. The monoisotopic (exact) mass is 313 g/mol. The van der Waals surface area contributed by atoms with Crippen molar-refractivity contribution in [3.63, 3.8) is 0 Å². The van der Waals surface area contributed by atoms with Crippen molar-refractivity contribution in [2.45, 2.75) is 45.8 Å². The molecule has 1 heterocycles. The molecular formula is C15H18F3N3O. The molecular weight excluding hydrogens is 295 g/mol. The van der Waals surface area contributed by atoms with Crippen molar-refractivity contribution in [1.29, 1.82) is 0 Å². The summed E-state index contributed by atoms with van der Waals surface area (Å²) in [7, 11) is 0. The second-order valence-electron chi connectivity index (χ2n) is 5.05. The molecule has 7 heteroatoms. The van der Waals surface area contributed by atoms with Gasteiger partial charge in [-0.25, -0.2) is 17.9 Å². The van der Waals surface area contributed by atoms with Gasteiger partial charge in [-0.1, -0.05) is 31.4 Å². The molecule has 22 heavy (non-hydrogen) atoms. The Labute approximate surface area is 126 Å². The molecule has 1 N–H and O–H groups in total. The smallest absolute Gasteiger partial charge is 0.195 e. The Bertz CT molecular complexity index is 643. The van der Waals surface area contributed by atoms with Crippen LogP contribution < -0.4 is 0 Å². The summed E-state index contributed by atoms with van der Waals surface area (Å²) in [5.74, 6) is -4.10. The summed E-state index contributed by atoms with van der Waals surface area (Å²) in [6, 6.07) is 1.98. The van der Waals surface area contributed by atoms with E-state index in [0.717, 1.165) is 37.8 Å². The number of benzene rings is 1. The minimum atomic E-state index is -1.54. The summed E-state index contributed by atoms with van der Waals surface area (Å²) in [6.07, 6.45) is 3.92. The molecule has 0 spiro atoms. The van der Waals surface area contributed by atoms with Gasteiger partial charge in [-0.3, -0.25) is 0 Å². The van der Waals surface area contributed by atoms with Crippen molar-refractivity contribution in [2.24, 2.45) is 0 Å². The Kier molecular flexibility index (Phi) is 5.54. The van der Waals surface area contributed by atoms with Crippen LogP contribution in [0.5, 0.6) is 0 Å². The van der Waals surface area contributed by atoms with Crippen LogP contribution in [0, 0.1) is 17.5 Å². The number of rotatable bonds is 7. The van der Waals surface area contributed by atoms with E-state index in [9.17, 15) is 18.3 Å². The van der Waals surface area contributed by atoms with Gasteiger partial charge in [0.1, 0.15) is 5.69 Å². The maximum absolute atomic E-state index is 14.0. The number of hydrogen-bond donors (Lipinski definition) is 1. The molecule has 0 aliphatic carbocycles. The Morgan fingerprint density at radius 3 is 2.55 bits per heavy atom. The fourth-order valence-corrected chi connectivity index (χ4v) is 2.30. The molecule has 0 aliphatic rings. The minimum Gasteiger partial charge on any atom is -0.390 e. The molecule has 1 aromatic carbocycles. The summed E-state index contributed by atoms with van der Waals surface area (Å²) in [5, 5.41) is 17.0. The zero-order valence-electron chi connectivity index (χ0n) is 12.3. The normalized spacial score (nSPS) is 11.1. The van der Waals surface area contributed by atoms with Gasteiger partial charge in [0.2, 0.25) is 0 Å². The number of hydrogen-bond acceptors (Lipinski definition) is 3. The van der Waals surface area contributed by atoms with E-state index in [1.165, 1.54) is 4.68 Å². The summed E-state index contributed by atoms with van der Waals surface area (Å²) < 4.78 is 41.9. The van der Waals surface area contributed by atoms with E-state index < -0.39 is 24.1 Å². The summed E-state index contributed by atoms with van der Waals surface area (Å²) >= 11 is 0. The fourth-order valence-electron chi connectivity index (χ4n) is 2.30. The molecule has 0 radical (unpaired) electrons. The van der Waals surface area contributed by atoms with E-state index in [2.05, 4.69) is 17.2 Å². The molecule has 0 aliphatic heterocycles. The molecule has 0 atom stereocenters. The van der Waals surface area contributed by atoms with Crippen molar-refractivity contribution in [2.75, 3.05) is 0 Å². The largest absolute Gasteiger partial charge is 0.390 e. The van der Waals surface area contributed by atoms with Crippen LogP contribution in [0.4, 0.5) is 13.2 Å². The molecule has 0 unspecified atom stereocenters. The number of aromatic nitrogens is 3. The van der Waals surface area contributed by atoms with Crippen LogP contribution in [-0.4, -0.2) is 20.1 Å². The lowest BCUT2D eigenvalue weighted by Crippen LogP contribution is -2.06. The van der Waals surface area contributed by atoms with E-state index in [-0.39, 0.29) is 17.0 Å². The number of aliphatic hydroxyl groups excluding tert-OH is 1. The van der Waals surface area contributed by atoms with Gasteiger partial charge >= 0.3 is 0 Å². The average Bonchev–Trinajstić information content (AvgIpc) is 2.92. The zero-order valence-corrected chi connectivity index (χ0v) is 12.3. The first-order valence-corrected chi connectivity index (χ1v) is 7.27. The van der Waals surface area contributed by atoms with E-state index >= 15 is 0 Å². The van der Waals surface area contributed by atoms with Crippen LogP contribution in [0.1, 0.15) is 38.3 Å². The van der Waals surface area contributed by atoms with Gasteiger partial charge in [0.25, 0.3) is 0 Å². The predicted octanol–water partition coefficient (Wildman–Crippen LogP) is 3.44. The van der Waals surface area contributed by atoms with E-state index in [0.29, 0.717) is 6.54 Å². The average molecular weight is 313 g/mol. The quantitative estimate of drug-likeness (QED) is 0.629. The Balaban J connectivity index is 2.36. The predicted molar refractivity (Wildman–Crippen MR) is 75.4 cm³/mol. The maximum Gasteiger partial charge on any atom is 0.195 e. The van der Waals surface area contributed by atoms with E-state index in [4.69, 9.17) is 0 Å². The second kappa shape index (κ2) is 7.40. The van der Waals surface area contributed by atoms with Crippen molar-refractivity contribution < 1.29 is 18.3 Å². The van der Waals surface area contributed by atoms with E-state index in [1.807, 2.05) is 0 Å². The van der Waals surface area contributed by atoms with E-state index in [1.54, 1.807) is 0 Å². The second-order valence-corrected chi connectivity index (χ2v) is 5.05. The highest BCUT2D eigenvalue weighted by Crippen LogP contribution is 2.28. The standard InChI is InChI=1S/C15H18F3N3O/c1-2-3-4-5-8-21-15(12(9-22)19-20-21)10-6-7-11(16)14(18)13(10)17/h6-7,22H,2-5,8-9H2,1H3. The fraction of sp³-hybridized carbons (Fsp3) is 0.467. The maximum atomic E-state index is 14.0. The summed E-state index contributed by atoms with van der Waals surface area (Å²) in [5.41, 5.74) is 0.180. The van der Waals surface area contributed by atoms with Gasteiger partial charge < -0.3 is 5.11 Å². The van der Waals surface area contributed by atoms with Gasteiger partial charge in [0, 0.05) is 12.1 Å². The Morgan fingerprint density at radius 1 is 1.09 bits per heavy atom. The Hall–Kier alpha value is -1.89. The van der Waals surface area contributed by atoms with Gasteiger partial charge in [0.15, 0.2) is 17.5 Å². The molecule has 0 amide bonds. The van der Waals surface area contributed by atoms with Crippen LogP contribution in [0.25, 0.3) is 11.3 Å². The van der Waals surface area contributed by atoms with Gasteiger partial charge in [-0.05, 0) is 18.6 Å². The lowest BCUT2D eigenvalue weighted by atomic mass is 10.1. The molecule has 2 rings (SSSR count). The number of unbranched alkanes of at least 4 members (excludes halogenated alkanes) is 3. The summed E-state index contributed by atoms with van der Waals surface area (Å²) in [6.45, 7) is 2.10. The van der Waals surface area contributed by atoms with Crippen LogP contribution >= 0.6 is 0 Å². The van der Waals surface area contributed by atoms with Crippen molar-refractivity contribution >= 4 is 0 Å². The highest BCUT2D eigenvalue weighted by molar-refractivity contribution is 5.62. The van der Waals surface area contributed by atoms with Crippen LogP contribution in [0.15, 0.2) is 12.1 Å². The molecule has 0 bridgehead atoms. The highest BCUT2D eigenvalue weighted by atomic mass is 19.2. The number of aliphatic hydroxyl groups is 1. The van der Waals surface area contributed by atoms with Gasteiger partial charge in [-0.15, -0.1) is 5.10 Å². The topological polar surface area (TPSA) is 50.9 Å². The first kappa shape index (κ1) is 16.5. The first-order chi connectivity index (χ1) is 10.6. The van der Waals surface area contributed by atoms with Crippen LogP contribution in [0.2, 0.25) is 0 Å². The minimum absolute atomic E-state index is 0.139. The van der Waals surface area contributed by atoms with Crippen molar-refractivity contribution in [1.82, 2.24) is 15.0 Å². The zero-order chi connectivity index (χ0) is 16.1. The molecule has 0 saturated heterocycles. The molecule has 120 valence electrons. The third-order valence-corrected chi connectivity index (χ3v) is 3.47. The Morgan fingerprint density at radius 2 is 1.86 bits per heavy atom. The lowest BCUT2D eigenvalue weighted by molar-refractivity contribution is 0.277. The van der Waals surface area contributed by atoms with Crippen LogP contribution in [-0.2, 0) is 13.2 Å². The van der Waals surface area contributed by atoms with Gasteiger partial charge in [-0.2, -0.15) is 0 Å².